The Morgan fingerprint density at radius 2 is 2.33 bits per heavy atom. The van der Waals surface area contributed by atoms with Gasteiger partial charge in [0.05, 0.1) is 13.2 Å². The van der Waals surface area contributed by atoms with Crippen molar-refractivity contribution in [3.63, 3.8) is 0 Å². The smallest absolute Gasteiger partial charge is 0.319 e. The van der Waals surface area contributed by atoms with Crippen LogP contribution in [0, 0.1) is 0 Å². The number of ether oxygens (including phenoxy) is 1. The summed E-state index contributed by atoms with van der Waals surface area (Å²) < 4.78 is 4.62. The van der Waals surface area contributed by atoms with Crippen molar-refractivity contribution in [3.05, 3.63) is 0 Å². The van der Waals surface area contributed by atoms with Crippen molar-refractivity contribution in [1.82, 2.24) is 0 Å². The SMILES string of the molecule is NCC(=O)OCCCS. The Bertz CT molecular complexity index is 87.0. The van der Waals surface area contributed by atoms with Crippen molar-refractivity contribution in [2.24, 2.45) is 5.73 Å². The van der Waals surface area contributed by atoms with E-state index in [9.17, 15) is 4.79 Å². The topological polar surface area (TPSA) is 52.3 Å². The fourth-order valence-corrected chi connectivity index (χ4v) is 0.439. The lowest BCUT2D eigenvalue weighted by molar-refractivity contribution is -0.141. The molecule has 4 heteroatoms. The van der Waals surface area contributed by atoms with Gasteiger partial charge in [0.2, 0.25) is 0 Å². The number of nitrogens with two attached hydrogens (primary N) is 1. The maximum absolute atomic E-state index is 10.3. The largest absolute Gasteiger partial charge is 0.465 e. The number of rotatable bonds is 4. The molecule has 3 nitrogen and oxygen atoms in total. The van der Waals surface area contributed by atoms with Crippen molar-refractivity contribution in [2.75, 3.05) is 18.9 Å². The quantitative estimate of drug-likeness (QED) is 0.331. The minimum Gasteiger partial charge on any atom is -0.465 e. The summed E-state index contributed by atoms with van der Waals surface area (Å²) in [7, 11) is 0. The van der Waals surface area contributed by atoms with Crippen molar-refractivity contribution >= 4 is 18.6 Å². The summed E-state index contributed by atoms with van der Waals surface area (Å²) >= 11 is 3.93. The number of esters is 1. The van der Waals surface area contributed by atoms with Gasteiger partial charge in [-0.1, -0.05) is 0 Å². The van der Waals surface area contributed by atoms with E-state index < -0.39 is 0 Å². The summed E-state index contributed by atoms with van der Waals surface area (Å²) in [6.07, 6.45) is 0.787. The van der Waals surface area contributed by atoms with Crippen LogP contribution in [-0.4, -0.2) is 24.9 Å². The van der Waals surface area contributed by atoms with E-state index in [1.54, 1.807) is 0 Å². The Labute approximate surface area is 60.0 Å². The summed E-state index contributed by atoms with van der Waals surface area (Å²) in [5, 5.41) is 0. The second kappa shape index (κ2) is 5.91. The van der Waals surface area contributed by atoms with Gasteiger partial charge in [-0.25, -0.2) is 0 Å². The molecule has 0 saturated carbocycles. The van der Waals surface area contributed by atoms with Gasteiger partial charge in [0.1, 0.15) is 0 Å². The molecule has 0 aromatic carbocycles. The third-order valence-corrected chi connectivity index (χ3v) is 1.05. The van der Waals surface area contributed by atoms with Crippen LogP contribution in [0.3, 0.4) is 0 Å². The monoisotopic (exact) mass is 149 g/mol. The standard InChI is InChI=1S/C5H11NO2S/c6-4-5(7)8-2-1-3-9/h9H,1-4,6H2. The molecule has 0 aromatic rings. The molecule has 0 aromatic heterocycles. The van der Waals surface area contributed by atoms with Gasteiger partial charge in [-0.3, -0.25) is 4.79 Å². The van der Waals surface area contributed by atoms with Crippen molar-refractivity contribution < 1.29 is 9.53 Å². The highest BCUT2D eigenvalue weighted by Crippen LogP contribution is 1.84. The molecule has 0 aliphatic carbocycles. The third kappa shape index (κ3) is 5.65. The molecule has 2 N–H and O–H groups in total. The van der Waals surface area contributed by atoms with Crippen LogP contribution in [0.2, 0.25) is 0 Å². The van der Waals surface area contributed by atoms with E-state index >= 15 is 0 Å². The van der Waals surface area contributed by atoms with E-state index in [4.69, 9.17) is 5.73 Å². The van der Waals surface area contributed by atoms with Crippen LogP contribution in [0.15, 0.2) is 0 Å². The van der Waals surface area contributed by atoms with Crippen LogP contribution in [0.4, 0.5) is 0 Å². The average Bonchev–Trinajstić information content (AvgIpc) is 1.89. The maximum Gasteiger partial charge on any atom is 0.319 e. The molecule has 0 aliphatic heterocycles. The minimum atomic E-state index is -0.350. The van der Waals surface area contributed by atoms with E-state index in [1.807, 2.05) is 0 Å². The van der Waals surface area contributed by atoms with Gasteiger partial charge < -0.3 is 10.5 Å². The number of carbonyl (C=O) groups is 1. The minimum absolute atomic E-state index is 0.0351. The zero-order valence-corrected chi connectivity index (χ0v) is 6.06. The highest BCUT2D eigenvalue weighted by atomic mass is 32.1. The molecule has 9 heavy (non-hydrogen) atoms. The summed E-state index contributed by atoms with van der Waals surface area (Å²) in [6, 6.07) is 0. The first-order valence-electron chi connectivity index (χ1n) is 2.77. The number of carbonyl (C=O) groups excluding carboxylic acids is 1. The molecule has 0 heterocycles. The fourth-order valence-electron chi connectivity index (χ4n) is 0.309. The van der Waals surface area contributed by atoms with Crippen LogP contribution >= 0.6 is 12.6 Å². The van der Waals surface area contributed by atoms with Crippen LogP contribution in [0.5, 0.6) is 0 Å². The molecule has 0 unspecified atom stereocenters. The van der Waals surface area contributed by atoms with Crippen LogP contribution < -0.4 is 5.73 Å². The van der Waals surface area contributed by atoms with Crippen LogP contribution in [0.1, 0.15) is 6.42 Å². The third-order valence-electron chi connectivity index (χ3n) is 0.732. The first kappa shape index (κ1) is 8.78. The van der Waals surface area contributed by atoms with Gasteiger partial charge in [-0.05, 0) is 12.2 Å². The van der Waals surface area contributed by atoms with Gasteiger partial charge in [0.15, 0.2) is 0 Å². The van der Waals surface area contributed by atoms with Gasteiger partial charge in [-0.15, -0.1) is 0 Å². The summed E-state index contributed by atoms with van der Waals surface area (Å²) in [5.41, 5.74) is 4.96. The average molecular weight is 149 g/mol. The lowest BCUT2D eigenvalue weighted by Crippen LogP contribution is -2.17. The maximum atomic E-state index is 10.3. The Balaban J connectivity index is 2.97. The zero-order valence-electron chi connectivity index (χ0n) is 5.17. The zero-order chi connectivity index (χ0) is 7.11. The highest BCUT2D eigenvalue weighted by Gasteiger charge is 1.95. The summed E-state index contributed by atoms with van der Waals surface area (Å²) in [4.78, 5) is 10.3. The number of hydrogen-bond acceptors (Lipinski definition) is 4. The molecule has 0 fully saturated rings. The second-order valence-electron chi connectivity index (χ2n) is 1.50. The van der Waals surface area contributed by atoms with Crippen molar-refractivity contribution in [2.45, 2.75) is 6.42 Å². The first-order chi connectivity index (χ1) is 4.31. The molecular weight excluding hydrogens is 138 g/mol. The molecule has 0 rings (SSSR count). The second-order valence-corrected chi connectivity index (χ2v) is 1.95. The molecule has 0 radical (unpaired) electrons. The molecule has 0 aliphatic rings. The Hall–Kier alpha value is -0.220. The first-order valence-corrected chi connectivity index (χ1v) is 3.41. The molecule has 0 saturated heterocycles. The Morgan fingerprint density at radius 1 is 1.67 bits per heavy atom. The molecule has 0 spiro atoms. The highest BCUT2D eigenvalue weighted by molar-refractivity contribution is 7.80. The van der Waals surface area contributed by atoms with Crippen LogP contribution in [-0.2, 0) is 9.53 Å². The Kier molecular flexibility index (Phi) is 5.76. The molecule has 0 bridgehead atoms. The molecule has 0 atom stereocenters. The molecule has 0 amide bonds. The van der Waals surface area contributed by atoms with Crippen LogP contribution in [0.25, 0.3) is 0 Å². The fraction of sp³-hybridized carbons (Fsp3) is 0.800. The van der Waals surface area contributed by atoms with Gasteiger partial charge >= 0.3 is 5.97 Å². The van der Waals surface area contributed by atoms with Crippen molar-refractivity contribution in [3.8, 4) is 0 Å². The lowest BCUT2D eigenvalue weighted by Gasteiger charge is -1.98. The van der Waals surface area contributed by atoms with E-state index in [1.165, 1.54) is 0 Å². The van der Waals surface area contributed by atoms with Gasteiger partial charge in [0, 0.05) is 0 Å². The van der Waals surface area contributed by atoms with Crippen molar-refractivity contribution in [1.29, 1.82) is 0 Å². The lowest BCUT2D eigenvalue weighted by atomic mass is 10.5. The molecule has 54 valence electrons. The summed E-state index contributed by atoms with van der Waals surface area (Å²) in [6.45, 7) is 0.395. The number of hydrogen-bond donors (Lipinski definition) is 2. The van der Waals surface area contributed by atoms with Gasteiger partial charge in [0.25, 0.3) is 0 Å². The van der Waals surface area contributed by atoms with E-state index in [0.29, 0.717) is 6.61 Å². The Morgan fingerprint density at radius 3 is 2.78 bits per heavy atom. The predicted molar refractivity (Wildman–Crippen MR) is 38.5 cm³/mol. The molecular formula is C5H11NO2S. The normalized spacial score (nSPS) is 9.11. The van der Waals surface area contributed by atoms with Gasteiger partial charge in [-0.2, -0.15) is 12.6 Å². The number of thiol groups is 1. The van der Waals surface area contributed by atoms with E-state index in [2.05, 4.69) is 17.4 Å². The van der Waals surface area contributed by atoms with E-state index in [-0.39, 0.29) is 12.5 Å². The summed E-state index contributed by atoms with van der Waals surface area (Å²) in [5.74, 6) is 0.384. The van der Waals surface area contributed by atoms with E-state index in [0.717, 1.165) is 12.2 Å². The predicted octanol–water partition coefficient (Wildman–Crippen LogP) is -0.192.